The Morgan fingerprint density at radius 2 is 2.05 bits per heavy atom. The Balaban J connectivity index is 1.71. The maximum absolute atomic E-state index is 5.95. The van der Waals surface area contributed by atoms with Crippen molar-refractivity contribution in [2.45, 2.75) is 17.9 Å². The minimum atomic E-state index is 0.0118. The fourth-order valence-electron chi connectivity index (χ4n) is 2.52. The molecule has 3 rings (SSSR count). The van der Waals surface area contributed by atoms with Gasteiger partial charge in [0.2, 0.25) is 0 Å². The highest BCUT2D eigenvalue weighted by Crippen LogP contribution is 2.31. The van der Waals surface area contributed by atoms with Crippen molar-refractivity contribution in [3.63, 3.8) is 0 Å². The third-order valence-corrected chi connectivity index (χ3v) is 4.90. The molecule has 2 aromatic rings. The third-order valence-electron chi connectivity index (χ3n) is 3.63. The summed E-state index contributed by atoms with van der Waals surface area (Å²) in [7, 11) is 0. The first-order valence-electron chi connectivity index (χ1n) is 6.94. The molecule has 0 saturated heterocycles. The van der Waals surface area contributed by atoms with E-state index in [9.17, 15) is 0 Å². The predicted molar refractivity (Wildman–Crippen MR) is 91.1 cm³/mol. The Hall–Kier alpha value is -0.840. The van der Waals surface area contributed by atoms with E-state index >= 15 is 0 Å². The van der Waals surface area contributed by atoms with Gasteiger partial charge in [-0.3, -0.25) is 0 Å². The Morgan fingerprint density at radius 3 is 2.86 bits per heavy atom. The van der Waals surface area contributed by atoms with E-state index in [2.05, 4.69) is 68.3 Å². The van der Waals surface area contributed by atoms with Gasteiger partial charge in [0.05, 0.1) is 11.1 Å². The molecule has 21 heavy (non-hydrogen) atoms. The van der Waals surface area contributed by atoms with Crippen LogP contribution in [0.4, 0.5) is 0 Å². The molecule has 0 bridgehead atoms. The number of benzene rings is 2. The first-order chi connectivity index (χ1) is 10.3. The van der Waals surface area contributed by atoms with Gasteiger partial charge in [0.15, 0.2) is 0 Å². The first-order valence-corrected chi connectivity index (χ1v) is 8.86. The molecule has 0 spiro atoms. The molecule has 4 heteroatoms. The Labute approximate surface area is 141 Å². The van der Waals surface area contributed by atoms with E-state index < -0.39 is 0 Å². The molecule has 1 unspecified atom stereocenters. The molecule has 0 aliphatic carbocycles. The minimum Gasteiger partial charge on any atom is -0.489 e. The normalized spacial score (nSPS) is 17.3. The van der Waals surface area contributed by atoms with Gasteiger partial charge in [-0.25, -0.2) is 0 Å². The van der Waals surface area contributed by atoms with Crippen molar-refractivity contribution in [3.05, 3.63) is 63.6 Å². The molecule has 0 radical (unpaired) electrons. The lowest BCUT2D eigenvalue weighted by Gasteiger charge is -2.26. The quantitative estimate of drug-likeness (QED) is 0.656. The van der Waals surface area contributed by atoms with Crippen LogP contribution in [0.5, 0.6) is 5.75 Å². The summed E-state index contributed by atoms with van der Waals surface area (Å²) >= 11 is 7.01. The zero-order valence-electron chi connectivity index (χ0n) is 11.5. The van der Waals surface area contributed by atoms with Crippen molar-refractivity contribution in [1.82, 2.24) is 0 Å². The summed E-state index contributed by atoms with van der Waals surface area (Å²) in [5, 5.41) is 0.838. The zero-order chi connectivity index (χ0) is 14.7. The van der Waals surface area contributed by atoms with Crippen LogP contribution in [0.2, 0.25) is 0 Å². The molecule has 1 atom stereocenters. The van der Waals surface area contributed by atoms with Crippen molar-refractivity contribution in [2.75, 3.05) is 13.2 Å². The van der Waals surface area contributed by atoms with E-state index in [1.807, 2.05) is 6.07 Å². The number of rotatable bonds is 4. The monoisotopic (exact) mass is 410 g/mol. The second-order valence-corrected chi connectivity index (χ2v) is 6.43. The number of ether oxygens (including phenoxy) is 2. The predicted octanol–water partition coefficient (Wildman–Crippen LogP) is 5.04. The number of fused-ring (bicyclic) bond motifs is 1. The topological polar surface area (TPSA) is 18.5 Å². The largest absolute Gasteiger partial charge is 0.489 e. The van der Waals surface area contributed by atoms with Gasteiger partial charge in [0, 0.05) is 5.33 Å². The average Bonchev–Trinajstić information content (AvgIpc) is 2.53. The number of alkyl halides is 1. The summed E-state index contributed by atoms with van der Waals surface area (Å²) < 4.78 is 12.8. The van der Waals surface area contributed by atoms with Gasteiger partial charge in [-0.2, -0.15) is 0 Å². The van der Waals surface area contributed by atoms with E-state index in [0.717, 1.165) is 28.6 Å². The molecule has 2 nitrogen and oxygen atoms in total. The lowest BCUT2D eigenvalue weighted by Crippen LogP contribution is -2.21. The zero-order valence-corrected chi connectivity index (χ0v) is 14.7. The molecular weight excluding hydrogens is 396 g/mol. The van der Waals surface area contributed by atoms with E-state index in [0.29, 0.717) is 6.61 Å². The number of halogens is 2. The summed E-state index contributed by atoms with van der Waals surface area (Å²) in [5.74, 6) is 0.853. The second kappa shape index (κ2) is 6.95. The molecule has 0 fully saturated rings. The van der Waals surface area contributed by atoms with E-state index in [-0.39, 0.29) is 6.10 Å². The van der Waals surface area contributed by atoms with Crippen LogP contribution in [0.3, 0.4) is 0 Å². The van der Waals surface area contributed by atoms with Gasteiger partial charge < -0.3 is 9.47 Å². The van der Waals surface area contributed by atoms with Gasteiger partial charge in [-0.05, 0) is 51.2 Å². The smallest absolute Gasteiger partial charge is 0.133 e. The van der Waals surface area contributed by atoms with E-state index in [1.165, 1.54) is 16.7 Å². The van der Waals surface area contributed by atoms with Gasteiger partial charge in [0.25, 0.3) is 0 Å². The van der Waals surface area contributed by atoms with Crippen molar-refractivity contribution in [2.24, 2.45) is 0 Å². The van der Waals surface area contributed by atoms with Gasteiger partial charge >= 0.3 is 0 Å². The maximum Gasteiger partial charge on any atom is 0.133 e. The Kier molecular flexibility index (Phi) is 4.99. The fourth-order valence-corrected chi connectivity index (χ4v) is 3.41. The lowest BCUT2D eigenvalue weighted by molar-refractivity contribution is 0.0100. The minimum absolute atomic E-state index is 0.0118. The summed E-state index contributed by atoms with van der Waals surface area (Å²) in [5.41, 5.74) is 3.83. The van der Waals surface area contributed by atoms with Crippen LogP contribution in [-0.4, -0.2) is 13.2 Å². The van der Waals surface area contributed by atoms with Crippen molar-refractivity contribution in [3.8, 4) is 5.75 Å². The summed E-state index contributed by atoms with van der Waals surface area (Å²) in [4.78, 5) is 0. The van der Waals surface area contributed by atoms with Gasteiger partial charge in [-0.15, -0.1) is 0 Å². The summed E-state index contributed by atoms with van der Waals surface area (Å²) in [6.07, 6.45) is 0.994. The summed E-state index contributed by atoms with van der Waals surface area (Å²) in [6, 6.07) is 14.6. The SMILES string of the molecule is BrCc1ccc(OCC2OCCc3ccccc32)c(Br)c1. The average molecular weight is 412 g/mol. The van der Waals surface area contributed by atoms with Crippen LogP contribution in [0.1, 0.15) is 22.8 Å². The second-order valence-electron chi connectivity index (χ2n) is 5.02. The molecule has 110 valence electrons. The first kappa shape index (κ1) is 15.1. The molecular formula is C17H16Br2O2. The highest BCUT2D eigenvalue weighted by atomic mass is 79.9. The van der Waals surface area contributed by atoms with Crippen LogP contribution >= 0.6 is 31.9 Å². The van der Waals surface area contributed by atoms with Crippen molar-refractivity contribution >= 4 is 31.9 Å². The molecule has 1 heterocycles. The van der Waals surface area contributed by atoms with Gasteiger partial charge in [-0.1, -0.05) is 46.3 Å². The van der Waals surface area contributed by atoms with Crippen LogP contribution < -0.4 is 4.74 Å². The van der Waals surface area contributed by atoms with Crippen LogP contribution in [0.25, 0.3) is 0 Å². The highest BCUT2D eigenvalue weighted by Gasteiger charge is 2.21. The number of hydrogen-bond acceptors (Lipinski definition) is 2. The van der Waals surface area contributed by atoms with Crippen LogP contribution in [0.15, 0.2) is 46.9 Å². The molecule has 1 aliphatic rings. The van der Waals surface area contributed by atoms with Crippen LogP contribution in [0, 0.1) is 0 Å². The molecule has 0 saturated carbocycles. The Bertz CT molecular complexity index is 628. The van der Waals surface area contributed by atoms with Gasteiger partial charge in [0.1, 0.15) is 18.5 Å². The number of hydrogen-bond donors (Lipinski definition) is 0. The molecule has 0 aromatic heterocycles. The highest BCUT2D eigenvalue weighted by molar-refractivity contribution is 9.10. The lowest BCUT2D eigenvalue weighted by atomic mass is 9.98. The molecule has 0 amide bonds. The molecule has 0 N–H and O–H groups in total. The van der Waals surface area contributed by atoms with E-state index in [1.54, 1.807) is 0 Å². The van der Waals surface area contributed by atoms with Crippen molar-refractivity contribution in [1.29, 1.82) is 0 Å². The third kappa shape index (κ3) is 3.50. The standard InChI is InChI=1S/C17H16Br2O2/c18-10-12-5-6-16(15(19)9-12)21-11-17-14-4-2-1-3-13(14)7-8-20-17/h1-6,9,17H,7-8,10-11H2. The van der Waals surface area contributed by atoms with E-state index in [4.69, 9.17) is 9.47 Å². The maximum atomic E-state index is 5.95. The van der Waals surface area contributed by atoms with Crippen LogP contribution in [-0.2, 0) is 16.5 Å². The molecule has 1 aliphatic heterocycles. The fraction of sp³-hybridized carbons (Fsp3) is 0.294. The Morgan fingerprint density at radius 1 is 1.19 bits per heavy atom. The van der Waals surface area contributed by atoms with Crippen molar-refractivity contribution < 1.29 is 9.47 Å². The summed E-state index contributed by atoms with van der Waals surface area (Å²) in [6.45, 7) is 1.29. The molecule has 2 aromatic carbocycles.